The van der Waals surface area contributed by atoms with Crippen molar-refractivity contribution in [3.8, 4) is 0 Å². The normalized spacial score (nSPS) is 29.5. The molecule has 13 heavy (non-hydrogen) atoms. The van der Waals surface area contributed by atoms with E-state index >= 15 is 0 Å². The van der Waals surface area contributed by atoms with Gasteiger partial charge in [0.15, 0.2) is 0 Å². The first kappa shape index (κ1) is 11.0. The maximum absolute atomic E-state index is 9.35. The summed E-state index contributed by atoms with van der Waals surface area (Å²) in [6.07, 6.45) is 5.71. The van der Waals surface area contributed by atoms with Crippen molar-refractivity contribution in [3.63, 3.8) is 0 Å². The molecule has 0 saturated heterocycles. The topological polar surface area (TPSA) is 23.5 Å². The van der Waals surface area contributed by atoms with Gasteiger partial charge >= 0.3 is 0 Å². The number of rotatable bonds is 4. The lowest BCUT2D eigenvalue weighted by atomic mass is 9.87. The molecule has 1 N–H and O–H groups in total. The predicted molar refractivity (Wildman–Crippen MR) is 55.8 cm³/mol. The Morgan fingerprint density at radius 2 is 1.85 bits per heavy atom. The lowest BCUT2D eigenvalue weighted by Gasteiger charge is -2.29. The first-order chi connectivity index (χ1) is 6.22. The molecule has 0 atom stereocenters. The second-order valence-corrected chi connectivity index (χ2v) is 4.44. The average molecular weight is 185 g/mol. The Balaban J connectivity index is 2.14. The van der Waals surface area contributed by atoms with Gasteiger partial charge in [-0.25, -0.2) is 0 Å². The fourth-order valence-electron chi connectivity index (χ4n) is 2.24. The molecular formula is C11H23NO. The molecule has 0 heterocycles. The Morgan fingerprint density at radius 1 is 1.23 bits per heavy atom. The fourth-order valence-corrected chi connectivity index (χ4v) is 2.24. The molecule has 0 amide bonds. The highest BCUT2D eigenvalue weighted by Crippen LogP contribution is 2.24. The third-order valence-corrected chi connectivity index (χ3v) is 2.99. The second-order valence-electron chi connectivity index (χ2n) is 4.44. The summed E-state index contributed by atoms with van der Waals surface area (Å²) in [5, 5.41) is 9.35. The van der Waals surface area contributed by atoms with E-state index < -0.39 is 0 Å². The molecule has 1 rings (SSSR count). The molecular weight excluding hydrogens is 162 g/mol. The van der Waals surface area contributed by atoms with Crippen molar-refractivity contribution in [2.24, 2.45) is 5.92 Å². The van der Waals surface area contributed by atoms with Gasteiger partial charge in [0.1, 0.15) is 0 Å². The summed E-state index contributed by atoms with van der Waals surface area (Å²) in [7, 11) is 2.20. The van der Waals surface area contributed by atoms with E-state index in [4.69, 9.17) is 0 Å². The van der Waals surface area contributed by atoms with Crippen molar-refractivity contribution in [1.82, 2.24) is 4.90 Å². The SMILES string of the molecule is CCCN(C)CC1CCC(O)CC1. The average Bonchev–Trinajstić information content (AvgIpc) is 2.09. The number of aliphatic hydroxyl groups is 1. The second kappa shape index (κ2) is 5.61. The zero-order valence-electron chi connectivity index (χ0n) is 9.00. The van der Waals surface area contributed by atoms with Gasteiger partial charge in [-0.2, -0.15) is 0 Å². The molecule has 1 saturated carbocycles. The van der Waals surface area contributed by atoms with Gasteiger partial charge < -0.3 is 10.0 Å². The Hall–Kier alpha value is -0.0800. The first-order valence-corrected chi connectivity index (χ1v) is 5.59. The van der Waals surface area contributed by atoms with E-state index in [2.05, 4.69) is 18.9 Å². The summed E-state index contributed by atoms with van der Waals surface area (Å²) in [5.41, 5.74) is 0. The third-order valence-electron chi connectivity index (χ3n) is 2.99. The highest BCUT2D eigenvalue weighted by Gasteiger charge is 2.19. The van der Waals surface area contributed by atoms with Crippen LogP contribution in [0.15, 0.2) is 0 Å². The predicted octanol–water partition coefficient (Wildman–Crippen LogP) is 1.88. The Labute approximate surface area is 81.9 Å². The summed E-state index contributed by atoms with van der Waals surface area (Å²) in [6, 6.07) is 0. The molecule has 0 bridgehead atoms. The molecule has 2 heteroatoms. The molecule has 1 aliphatic rings. The van der Waals surface area contributed by atoms with Crippen LogP contribution < -0.4 is 0 Å². The number of nitrogens with zero attached hydrogens (tertiary/aromatic N) is 1. The number of hydrogen-bond donors (Lipinski definition) is 1. The van der Waals surface area contributed by atoms with Crippen molar-refractivity contribution >= 4 is 0 Å². The van der Waals surface area contributed by atoms with Crippen molar-refractivity contribution in [3.05, 3.63) is 0 Å². The van der Waals surface area contributed by atoms with E-state index in [-0.39, 0.29) is 6.10 Å². The van der Waals surface area contributed by atoms with Crippen molar-refractivity contribution in [1.29, 1.82) is 0 Å². The van der Waals surface area contributed by atoms with E-state index in [9.17, 15) is 5.11 Å². The van der Waals surface area contributed by atoms with Crippen molar-refractivity contribution in [2.45, 2.75) is 45.1 Å². The highest BCUT2D eigenvalue weighted by molar-refractivity contribution is 4.73. The van der Waals surface area contributed by atoms with Crippen LogP contribution in [0.1, 0.15) is 39.0 Å². The molecule has 1 fully saturated rings. The minimum Gasteiger partial charge on any atom is -0.393 e. The Morgan fingerprint density at radius 3 is 2.38 bits per heavy atom. The van der Waals surface area contributed by atoms with Gasteiger partial charge in [0.05, 0.1) is 6.10 Å². The zero-order valence-corrected chi connectivity index (χ0v) is 9.00. The monoisotopic (exact) mass is 185 g/mol. The van der Waals surface area contributed by atoms with Gasteiger partial charge in [0.2, 0.25) is 0 Å². The van der Waals surface area contributed by atoms with Crippen LogP contribution in [-0.4, -0.2) is 36.2 Å². The van der Waals surface area contributed by atoms with Gasteiger partial charge in [0, 0.05) is 6.54 Å². The van der Waals surface area contributed by atoms with E-state index in [1.54, 1.807) is 0 Å². The summed E-state index contributed by atoms with van der Waals surface area (Å²) < 4.78 is 0. The summed E-state index contributed by atoms with van der Waals surface area (Å²) in [5.74, 6) is 0.833. The fraction of sp³-hybridized carbons (Fsp3) is 1.00. The summed E-state index contributed by atoms with van der Waals surface area (Å²) in [4.78, 5) is 2.42. The standard InChI is InChI=1S/C11H23NO/c1-3-8-12(2)9-10-4-6-11(13)7-5-10/h10-11,13H,3-9H2,1-2H3. The van der Waals surface area contributed by atoms with Crippen LogP contribution in [0.5, 0.6) is 0 Å². The largest absolute Gasteiger partial charge is 0.393 e. The van der Waals surface area contributed by atoms with Gasteiger partial charge in [-0.1, -0.05) is 6.92 Å². The molecule has 2 nitrogen and oxygen atoms in total. The number of hydrogen-bond acceptors (Lipinski definition) is 2. The zero-order chi connectivity index (χ0) is 9.68. The molecule has 0 aromatic rings. The van der Waals surface area contributed by atoms with E-state index in [1.807, 2.05) is 0 Å². The molecule has 0 aromatic carbocycles. The summed E-state index contributed by atoms with van der Waals surface area (Å²) in [6.45, 7) is 4.65. The molecule has 0 aliphatic heterocycles. The maximum atomic E-state index is 9.35. The molecule has 1 aliphatic carbocycles. The van der Waals surface area contributed by atoms with Crippen molar-refractivity contribution < 1.29 is 5.11 Å². The highest BCUT2D eigenvalue weighted by atomic mass is 16.3. The van der Waals surface area contributed by atoms with Crippen molar-refractivity contribution in [2.75, 3.05) is 20.1 Å². The van der Waals surface area contributed by atoms with Gasteiger partial charge in [-0.15, -0.1) is 0 Å². The lowest BCUT2D eigenvalue weighted by Crippen LogP contribution is -2.30. The molecule has 0 radical (unpaired) electrons. The first-order valence-electron chi connectivity index (χ1n) is 5.59. The van der Waals surface area contributed by atoms with Crippen LogP contribution in [0.2, 0.25) is 0 Å². The van der Waals surface area contributed by atoms with Gasteiger partial charge in [0.25, 0.3) is 0 Å². The van der Waals surface area contributed by atoms with Crippen LogP contribution in [0.25, 0.3) is 0 Å². The van der Waals surface area contributed by atoms with Gasteiger partial charge in [-0.05, 0) is 51.6 Å². The molecule has 78 valence electrons. The van der Waals surface area contributed by atoms with E-state index in [0.717, 1.165) is 18.8 Å². The van der Waals surface area contributed by atoms with Crippen LogP contribution in [-0.2, 0) is 0 Å². The number of aliphatic hydroxyl groups excluding tert-OH is 1. The Bertz CT molecular complexity index is 130. The van der Waals surface area contributed by atoms with Crippen LogP contribution in [0.3, 0.4) is 0 Å². The van der Waals surface area contributed by atoms with Crippen LogP contribution >= 0.6 is 0 Å². The lowest BCUT2D eigenvalue weighted by molar-refractivity contribution is 0.0977. The third kappa shape index (κ3) is 4.10. The van der Waals surface area contributed by atoms with E-state index in [1.165, 1.54) is 32.4 Å². The van der Waals surface area contributed by atoms with E-state index in [0.29, 0.717) is 0 Å². The van der Waals surface area contributed by atoms with Crippen LogP contribution in [0, 0.1) is 5.92 Å². The summed E-state index contributed by atoms with van der Waals surface area (Å²) >= 11 is 0. The maximum Gasteiger partial charge on any atom is 0.0540 e. The smallest absolute Gasteiger partial charge is 0.0540 e. The van der Waals surface area contributed by atoms with Gasteiger partial charge in [-0.3, -0.25) is 0 Å². The molecule has 0 aromatic heterocycles. The molecule has 0 spiro atoms. The minimum absolute atomic E-state index is 0.00673. The molecule has 0 unspecified atom stereocenters. The van der Waals surface area contributed by atoms with Crippen LogP contribution in [0.4, 0.5) is 0 Å². The minimum atomic E-state index is -0.00673. The Kier molecular flexibility index (Phi) is 4.74. The quantitative estimate of drug-likeness (QED) is 0.723.